The Labute approximate surface area is 179 Å². The quantitative estimate of drug-likeness (QED) is 0.227. The van der Waals surface area contributed by atoms with Gasteiger partial charge in [0.1, 0.15) is 6.17 Å². The first kappa shape index (κ1) is 22.0. The van der Waals surface area contributed by atoms with E-state index >= 15 is 0 Å². The number of amides is 1. The van der Waals surface area contributed by atoms with Crippen molar-refractivity contribution in [1.29, 1.82) is 0 Å². The highest BCUT2D eigenvalue weighted by atomic mass is 35.6. The average Bonchev–Trinajstić information content (AvgIpc) is 2.61. The van der Waals surface area contributed by atoms with E-state index < -0.39 is 9.96 Å². The van der Waals surface area contributed by atoms with Crippen LogP contribution in [0.5, 0.6) is 0 Å². The number of unbranched alkanes of at least 4 members (excludes halogenated alkanes) is 2. The molecule has 0 aromatic heterocycles. The van der Waals surface area contributed by atoms with E-state index in [9.17, 15) is 4.79 Å². The molecule has 2 aromatic carbocycles. The third-order valence-electron chi connectivity index (χ3n) is 3.95. The summed E-state index contributed by atoms with van der Waals surface area (Å²) < 4.78 is -1.76. The van der Waals surface area contributed by atoms with Crippen LogP contribution >= 0.6 is 47.0 Å². The van der Waals surface area contributed by atoms with Crippen LogP contribution in [-0.4, -0.2) is 21.0 Å². The van der Waals surface area contributed by atoms with Gasteiger partial charge in [0.2, 0.25) is 9.70 Å². The lowest BCUT2D eigenvalue weighted by atomic mass is 10.1. The van der Waals surface area contributed by atoms with E-state index in [2.05, 4.69) is 22.9 Å². The highest BCUT2D eigenvalue weighted by Gasteiger charge is 2.34. The standard InChI is InChI=1S/C19H22Cl3N3OS/c1-2-3-4-12-16(26)24-17(19(20,21)22)25-18(27)23-15-11-7-9-13-8-5-6-10-14(13)15/h5-11,17H,2-4,12H2,1H3,(H,24,26)(H2,23,25,27)/t17-/m1/s1. The van der Waals surface area contributed by atoms with Crippen LogP contribution in [0.15, 0.2) is 42.5 Å². The van der Waals surface area contributed by atoms with Gasteiger partial charge in [0.05, 0.1) is 0 Å². The maximum absolute atomic E-state index is 12.1. The molecule has 2 rings (SSSR count). The average molecular weight is 447 g/mol. The Hall–Kier alpha value is -1.27. The van der Waals surface area contributed by atoms with Crippen molar-refractivity contribution in [2.45, 2.75) is 42.6 Å². The summed E-state index contributed by atoms with van der Waals surface area (Å²) in [7, 11) is 0. The molecule has 0 spiro atoms. The largest absolute Gasteiger partial charge is 0.339 e. The first-order valence-electron chi connectivity index (χ1n) is 8.72. The molecule has 0 aliphatic rings. The summed E-state index contributed by atoms with van der Waals surface area (Å²) in [5.74, 6) is -0.194. The molecule has 0 bridgehead atoms. The number of alkyl halides is 3. The van der Waals surface area contributed by atoms with E-state index in [0.29, 0.717) is 6.42 Å². The van der Waals surface area contributed by atoms with Crippen LogP contribution in [0.25, 0.3) is 10.8 Å². The fraction of sp³-hybridized carbons (Fsp3) is 0.368. The lowest BCUT2D eigenvalue weighted by molar-refractivity contribution is -0.122. The van der Waals surface area contributed by atoms with Gasteiger partial charge in [-0.15, -0.1) is 0 Å². The third kappa shape index (κ3) is 7.00. The predicted molar refractivity (Wildman–Crippen MR) is 120 cm³/mol. The minimum absolute atomic E-state index is 0.194. The molecule has 0 saturated heterocycles. The van der Waals surface area contributed by atoms with Crippen molar-refractivity contribution < 1.29 is 4.79 Å². The number of halogens is 3. The zero-order valence-corrected chi connectivity index (χ0v) is 18.0. The molecular weight excluding hydrogens is 425 g/mol. The van der Waals surface area contributed by atoms with Gasteiger partial charge in [0, 0.05) is 17.5 Å². The Morgan fingerprint density at radius 2 is 1.78 bits per heavy atom. The normalized spacial score (nSPS) is 12.4. The number of rotatable bonds is 7. The number of anilines is 1. The van der Waals surface area contributed by atoms with Crippen molar-refractivity contribution >= 4 is 74.5 Å². The summed E-state index contributed by atoms with van der Waals surface area (Å²) in [6.07, 6.45) is 2.20. The number of fused-ring (bicyclic) bond motifs is 1. The number of thiocarbonyl (C=S) groups is 1. The fourth-order valence-corrected chi connectivity index (χ4v) is 3.15. The van der Waals surface area contributed by atoms with E-state index in [4.69, 9.17) is 47.0 Å². The first-order chi connectivity index (χ1) is 12.8. The molecule has 0 aliphatic heterocycles. The van der Waals surface area contributed by atoms with E-state index in [1.54, 1.807) is 0 Å². The number of carbonyl (C=O) groups excluding carboxylic acids is 1. The van der Waals surface area contributed by atoms with Gasteiger partial charge in [0.25, 0.3) is 0 Å². The Morgan fingerprint density at radius 1 is 1.07 bits per heavy atom. The number of carbonyl (C=O) groups is 1. The van der Waals surface area contributed by atoms with Crippen LogP contribution in [0, 0.1) is 0 Å². The monoisotopic (exact) mass is 445 g/mol. The van der Waals surface area contributed by atoms with Crippen LogP contribution in [0.3, 0.4) is 0 Å². The van der Waals surface area contributed by atoms with Crippen LogP contribution < -0.4 is 16.0 Å². The summed E-state index contributed by atoms with van der Waals surface area (Å²) in [4.78, 5) is 12.1. The molecule has 0 heterocycles. The zero-order valence-electron chi connectivity index (χ0n) is 14.9. The van der Waals surface area contributed by atoms with Gasteiger partial charge in [-0.1, -0.05) is 91.0 Å². The lowest BCUT2D eigenvalue weighted by Crippen LogP contribution is -2.56. The third-order valence-corrected chi connectivity index (χ3v) is 4.83. The Morgan fingerprint density at radius 3 is 2.48 bits per heavy atom. The molecule has 146 valence electrons. The summed E-state index contributed by atoms with van der Waals surface area (Å²) in [6, 6.07) is 13.8. The second-order valence-corrected chi connectivity index (χ2v) is 8.90. The Balaban J connectivity index is 2.04. The van der Waals surface area contributed by atoms with Crippen LogP contribution in [-0.2, 0) is 4.79 Å². The Bertz CT molecular complexity index is 790. The van der Waals surface area contributed by atoms with E-state index in [-0.39, 0.29) is 11.0 Å². The van der Waals surface area contributed by atoms with Gasteiger partial charge in [-0.05, 0) is 30.1 Å². The van der Waals surface area contributed by atoms with Gasteiger partial charge in [-0.2, -0.15) is 0 Å². The SMILES string of the molecule is CCCCCC(=O)N[C@H](NC(=S)Nc1cccc2ccccc12)C(Cl)(Cl)Cl. The zero-order chi connectivity index (χ0) is 19.9. The minimum atomic E-state index is -1.76. The van der Waals surface area contributed by atoms with Crippen molar-refractivity contribution in [2.24, 2.45) is 0 Å². The maximum Gasteiger partial charge on any atom is 0.228 e. The van der Waals surface area contributed by atoms with Crippen LogP contribution in [0.2, 0.25) is 0 Å². The number of hydrogen-bond donors (Lipinski definition) is 3. The lowest BCUT2D eigenvalue weighted by Gasteiger charge is -2.28. The maximum atomic E-state index is 12.1. The molecule has 2 aromatic rings. The summed E-state index contributed by atoms with van der Waals surface area (Å²) in [5.41, 5.74) is 0.822. The summed E-state index contributed by atoms with van der Waals surface area (Å²) in [6.45, 7) is 2.07. The minimum Gasteiger partial charge on any atom is -0.339 e. The molecule has 27 heavy (non-hydrogen) atoms. The van der Waals surface area contributed by atoms with Crippen molar-refractivity contribution in [3.8, 4) is 0 Å². The fourth-order valence-electron chi connectivity index (χ4n) is 2.59. The molecule has 0 unspecified atom stereocenters. The van der Waals surface area contributed by atoms with Crippen molar-refractivity contribution in [3.05, 3.63) is 42.5 Å². The number of hydrogen-bond acceptors (Lipinski definition) is 2. The molecule has 4 nitrogen and oxygen atoms in total. The van der Waals surface area contributed by atoms with E-state index in [1.807, 2.05) is 42.5 Å². The van der Waals surface area contributed by atoms with Gasteiger partial charge in [-0.25, -0.2) is 0 Å². The molecule has 1 atom stereocenters. The number of nitrogens with one attached hydrogen (secondary N) is 3. The summed E-state index contributed by atoms with van der Waals surface area (Å²) in [5, 5.41) is 11.0. The Kier molecular flexibility index (Phi) is 8.42. The van der Waals surface area contributed by atoms with Crippen molar-refractivity contribution in [3.63, 3.8) is 0 Å². The molecule has 1 amide bonds. The topological polar surface area (TPSA) is 53.2 Å². The predicted octanol–water partition coefficient (Wildman–Crippen LogP) is 5.52. The molecule has 8 heteroatoms. The van der Waals surface area contributed by atoms with Gasteiger partial charge >= 0.3 is 0 Å². The molecule has 0 radical (unpaired) electrons. The molecular formula is C19H22Cl3N3OS. The van der Waals surface area contributed by atoms with E-state index in [1.165, 1.54) is 0 Å². The highest BCUT2D eigenvalue weighted by Crippen LogP contribution is 2.29. The summed E-state index contributed by atoms with van der Waals surface area (Å²) >= 11 is 23.4. The van der Waals surface area contributed by atoms with Crippen molar-refractivity contribution in [2.75, 3.05) is 5.32 Å². The van der Waals surface area contributed by atoms with Crippen LogP contribution in [0.1, 0.15) is 32.6 Å². The van der Waals surface area contributed by atoms with Crippen LogP contribution in [0.4, 0.5) is 5.69 Å². The van der Waals surface area contributed by atoms with E-state index in [0.717, 1.165) is 35.7 Å². The molecule has 3 N–H and O–H groups in total. The molecule has 0 aliphatic carbocycles. The second-order valence-electron chi connectivity index (χ2n) is 6.12. The number of benzene rings is 2. The van der Waals surface area contributed by atoms with Crippen molar-refractivity contribution in [1.82, 2.24) is 10.6 Å². The second kappa shape index (κ2) is 10.3. The van der Waals surface area contributed by atoms with Gasteiger partial charge in [0.15, 0.2) is 5.11 Å². The highest BCUT2D eigenvalue weighted by molar-refractivity contribution is 7.80. The smallest absolute Gasteiger partial charge is 0.228 e. The van der Waals surface area contributed by atoms with Gasteiger partial charge < -0.3 is 16.0 Å². The van der Waals surface area contributed by atoms with Gasteiger partial charge in [-0.3, -0.25) is 4.79 Å². The first-order valence-corrected chi connectivity index (χ1v) is 10.3. The molecule has 0 saturated carbocycles. The molecule has 0 fully saturated rings.